The predicted octanol–water partition coefficient (Wildman–Crippen LogP) is 1.11. The highest BCUT2D eigenvalue weighted by molar-refractivity contribution is 5.96. The van der Waals surface area contributed by atoms with Gasteiger partial charge in [0, 0.05) is 0 Å². The number of aliphatic hydroxyl groups excluding tert-OH is 1. The molecule has 2 rings (SSSR count). The van der Waals surface area contributed by atoms with Gasteiger partial charge >= 0.3 is 0 Å². The van der Waals surface area contributed by atoms with Gasteiger partial charge in [-0.1, -0.05) is 30.3 Å². The van der Waals surface area contributed by atoms with Crippen molar-refractivity contribution in [1.29, 1.82) is 0 Å². The molecule has 0 aromatic heterocycles. The van der Waals surface area contributed by atoms with Gasteiger partial charge in [-0.2, -0.15) is 0 Å². The van der Waals surface area contributed by atoms with Gasteiger partial charge in [0.05, 0.1) is 18.6 Å². The zero-order valence-electron chi connectivity index (χ0n) is 10.0. The van der Waals surface area contributed by atoms with E-state index in [1.165, 1.54) is 0 Å². The highest BCUT2D eigenvalue weighted by atomic mass is 16.3. The van der Waals surface area contributed by atoms with Gasteiger partial charge in [-0.3, -0.25) is 4.79 Å². The zero-order valence-corrected chi connectivity index (χ0v) is 10.0. The molecule has 0 aliphatic heterocycles. The summed E-state index contributed by atoms with van der Waals surface area (Å²) in [6, 6.07) is 9.55. The number of benzene rings is 1. The van der Waals surface area contributed by atoms with Crippen LogP contribution in [0.4, 0.5) is 0 Å². The van der Waals surface area contributed by atoms with Crippen molar-refractivity contribution in [1.82, 2.24) is 5.32 Å². The lowest BCUT2D eigenvalue weighted by atomic mass is 10.0. The third kappa shape index (κ3) is 3.57. The number of aliphatic hydroxyl groups is 1. The Labute approximate surface area is 108 Å². The van der Waals surface area contributed by atoms with Crippen molar-refractivity contribution in [3.8, 4) is 0 Å². The van der Waals surface area contributed by atoms with Crippen molar-refractivity contribution in [3.05, 3.63) is 67.5 Å². The second-order valence-electron chi connectivity index (χ2n) is 4.22. The molecule has 1 aliphatic rings. The molecule has 1 aromatic carbocycles. The van der Waals surface area contributed by atoms with Gasteiger partial charge in [-0.25, -0.2) is 0 Å². The first-order valence-electron chi connectivity index (χ1n) is 5.97. The molecule has 0 bridgehead atoms. The average Bonchev–Trinajstić information content (AvgIpc) is 2.93. The Bertz CT molecular complexity index is 371. The van der Waals surface area contributed by atoms with E-state index in [2.05, 4.69) is 5.32 Å². The summed E-state index contributed by atoms with van der Waals surface area (Å²) in [6.07, 6.45) is 7.78. The minimum Gasteiger partial charge on any atom is -0.394 e. The molecular weight excluding hydrogens is 226 g/mol. The highest BCUT2D eigenvalue weighted by Gasteiger charge is 2.26. The largest absolute Gasteiger partial charge is 0.394 e. The van der Waals surface area contributed by atoms with Crippen LogP contribution in [-0.4, -0.2) is 23.7 Å². The first-order valence-corrected chi connectivity index (χ1v) is 5.97. The normalized spacial score (nSPS) is 17.6. The number of amides is 1. The van der Waals surface area contributed by atoms with E-state index in [0.29, 0.717) is 12.3 Å². The van der Waals surface area contributed by atoms with E-state index in [9.17, 15) is 9.90 Å². The van der Waals surface area contributed by atoms with E-state index in [-0.39, 0.29) is 18.6 Å². The second-order valence-corrected chi connectivity index (χ2v) is 4.22. The number of hydrogen-bond acceptors (Lipinski definition) is 2. The van der Waals surface area contributed by atoms with Crippen LogP contribution in [0.1, 0.15) is 5.56 Å². The van der Waals surface area contributed by atoms with Crippen LogP contribution in [0.5, 0.6) is 0 Å². The van der Waals surface area contributed by atoms with Crippen LogP contribution in [-0.2, 0) is 11.2 Å². The summed E-state index contributed by atoms with van der Waals surface area (Å²) in [7, 11) is 0. The minimum atomic E-state index is -0.255. The lowest BCUT2D eigenvalue weighted by Crippen LogP contribution is -2.41. The number of nitrogens with one attached hydrogen (secondary N) is 1. The van der Waals surface area contributed by atoms with Gasteiger partial charge in [0.15, 0.2) is 0 Å². The molecule has 18 heavy (non-hydrogen) atoms. The number of rotatable bonds is 5. The molecule has 0 spiro atoms. The van der Waals surface area contributed by atoms with Crippen molar-refractivity contribution >= 4 is 5.91 Å². The number of hydrogen-bond donors (Lipinski definition) is 2. The predicted molar refractivity (Wildman–Crippen MR) is 69.6 cm³/mol. The molecule has 0 saturated heterocycles. The van der Waals surface area contributed by atoms with Crippen LogP contribution >= 0.6 is 0 Å². The minimum absolute atomic E-state index is 0.0681. The van der Waals surface area contributed by atoms with E-state index in [1.54, 1.807) is 12.8 Å². The first-order chi connectivity index (χ1) is 8.79. The standard InChI is InChI=1S/C15H16NO2/c17-11-14(10-12-6-2-1-3-7-12)16-15(18)13-8-4-5-9-13/h1-9,14,17H,10-11H2,(H,16,18)/t14-/m0/s1. The monoisotopic (exact) mass is 242 g/mol. The van der Waals surface area contributed by atoms with Crippen molar-refractivity contribution in [2.45, 2.75) is 12.5 Å². The van der Waals surface area contributed by atoms with E-state index in [4.69, 9.17) is 0 Å². The van der Waals surface area contributed by atoms with Crippen LogP contribution in [0.25, 0.3) is 0 Å². The Morgan fingerprint density at radius 3 is 2.44 bits per heavy atom. The molecule has 2 N–H and O–H groups in total. The van der Waals surface area contributed by atoms with Gasteiger partial charge in [-0.05, 0) is 37.7 Å². The third-order valence-electron chi connectivity index (χ3n) is 2.81. The van der Waals surface area contributed by atoms with Crippen LogP contribution in [0.15, 0.2) is 30.3 Å². The summed E-state index contributed by atoms with van der Waals surface area (Å²) in [5, 5.41) is 12.1. The van der Waals surface area contributed by atoms with Crippen molar-refractivity contribution in [2.75, 3.05) is 6.61 Å². The molecule has 5 radical (unpaired) electrons. The molecule has 0 heterocycles. The van der Waals surface area contributed by atoms with Gasteiger partial charge < -0.3 is 10.4 Å². The molecule has 1 saturated carbocycles. The Hall–Kier alpha value is -1.35. The molecule has 1 aliphatic carbocycles. The van der Waals surface area contributed by atoms with E-state index >= 15 is 0 Å². The zero-order chi connectivity index (χ0) is 12.8. The first kappa shape index (κ1) is 13.1. The van der Waals surface area contributed by atoms with E-state index < -0.39 is 0 Å². The fourth-order valence-electron chi connectivity index (χ4n) is 1.85. The molecular formula is C15H16NO2. The summed E-state index contributed by atoms with van der Waals surface area (Å²) in [5.74, 6) is 0.483. The van der Waals surface area contributed by atoms with Crippen molar-refractivity contribution in [3.63, 3.8) is 0 Å². The van der Waals surface area contributed by atoms with Crippen molar-refractivity contribution < 1.29 is 9.90 Å². The lowest BCUT2D eigenvalue weighted by molar-refractivity contribution is -0.119. The smallest absolute Gasteiger partial charge is 0.228 e. The SMILES string of the molecule is O=C(N[C@H](CO)Cc1ccccc1)[C]1[CH][CH][CH][CH]1. The van der Waals surface area contributed by atoms with E-state index in [1.807, 2.05) is 43.2 Å². The molecule has 93 valence electrons. The van der Waals surface area contributed by atoms with Crippen LogP contribution in [0.2, 0.25) is 0 Å². The fraction of sp³-hybridized carbons (Fsp3) is 0.200. The molecule has 1 aromatic rings. The third-order valence-corrected chi connectivity index (χ3v) is 2.81. The van der Waals surface area contributed by atoms with Gasteiger partial charge in [0.1, 0.15) is 0 Å². The second kappa shape index (κ2) is 6.55. The van der Waals surface area contributed by atoms with Crippen LogP contribution in [0, 0.1) is 31.6 Å². The summed E-state index contributed by atoms with van der Waals surface area (Å²) < 4.78 is 0. The van der Waals surface area contributed by atoms with Crippen LogP contribution < -0.4 is 5.32 Å². The summed E-state index contributed by atoms with van der Waals surface area (Å²) in [4.78, 5) is 11.8. The Morgan fingerprint density at radius 2 is 1.83 bits per heavy atom. The Morgan fingerprint density at radius 1 is 1.17 bits per heavy atom. The maximum Gasteiger partial charge on any atom is 0.228 e. The highest BCUT2D eigenvalue weighted by Crippen LogP contribution is 2.23. The maximum absolute atomic E-state index is 11.8. The number of carbonyl (C=O) groups is 1. The van der Waals surface area contributed by atoms with Gasteiger partial charge in [-0.15, -0.1) is 0 Å². The lowest BCUT2D eigenvalue weighted by Gasteiger charge is -2.18. The Kier molecular flexibility index (Phi) is 4.76. The molecule has 1 amide bonds. The molecule has 3 nitrogen and oxygen atoms in total. The summed E-state index contributed by atoms with van der Waals surface area (Å²) in [5.41, 5.74) is 1.10. The van der Waals surface area contributed by atoms with Gasteiger partial charge in [0.25, 0.3) is 0 Å². The van der Waals surface area contributed by atoms with Crippen molar-refractivity contribution in [2.24, 2.45) is 0 Å². The number of carbonyl (C=O) groups excluding carboxylic acids is 1. The average molecular weight is 242 g/mol. The molecule has 1 fully saturated rings. The molecule has 0 unspecified atom stereocenters. The quantitative estimate of drug-likeness (QED) is 0.812. The van der Waals surface area contributed by atoms with Gasteiger partial charge in [0.2, 0.25) is 5.91 Å². The molecule has 3 heteroatoms. The fourth-order valence-corrected chi connectivity index (χ4v) is 1.85. The topological polar surface area (TPSA) is 49.3 Å². The molecule has 1 atom stereocenters. The van der Waals surface area contributed by atoms with E-state index in [0.717, 1.165) is 5.56 Å². The summed E-state index contributed by atoms with van der Waals surface area (Å²) >= 11 is 0. The Balaban J connectivity index is 1.87. The van der Waals surface area contributed by atoms with Crippen LogP contribution in [0.3, 0.4) is 0 Å². The summed E-state index contributed by atoms with van der Waals surface area (Å²) in [6.45, 7) is -0.0681. The maximum atomic E-state index is 11.8.